The van der Waals surface area contributed by atoms with E-state index in [9.17, 15) is 23.2 Å². The van der Waals surface area contributed by atoms with Crippen molar-refractivity contribution in [1.29, 1.82) is 5.26 Å². The zero-order chi connectivity index (χ0) is 21.4. The van der Waals surface area contributed by atoms with Crippen LogP contribution in [-0.4, -0.2) is 33.8 Å². The lowest BCUT2D eigenvalue weighted by molar-refractivity contribution is -0.222. The first kappa shape index (κ1) is 20.3. The smallest absolute Gasteiger partial charge is 0.353 e. The van der Waals surface area contributed by atoms with Crippen LogP contribution in [0.25, 0.3) is 0 Å². The zero-order valence-corrected chi connectivity index (χ0v) is 16.5. The summed E-state index contributed by atoms with van der Waals surface area (Å²) in [7, 11) is 0. The van der Waals surface area contributed by atoms with Crippen LogP contribution in [0.15, 0.2) is 71.0 Å². The summed E-state index contributed by atoms with van der Waals surface area (Å²) in [6.45, 7) is 0. The van der Waals surface area contributed by atoms with Crippen LogP contribution in [0, 0.1) is 11.3 Å². The van der Waals surface area contributed by atoms with Crippen LogP contribution in [0.5, 0.6) is 0 Å². The van der Waals surface area contributed by atoms with E-state index in [1.807, 2.05) is 6.07 Å². The van der Waals surface area contributed by atoms with Gasteiger partial charge < -0.3 is 10.2 Å². The quantitative estimate of drug-likeness (QED) is 0.784. The minimum atomic E-state index is -4.79. The number of aliphatic imine (C=N–C) groups is 1. The van der Waals surface area contributed by atoms with Gasteiger partial charge in [-0.25, -0.2) is 4.99 Å². The maximum atomic E-state index is 14.6. The van der Waals surface area contributed by atoms with Crippen LogP contribution in [0.3, 0.4) is 0 Å². The summed E-state index contributed by atoms with van der Waals surface area (Å²) in [5.41, 5.74) is -2.70. The number of halogens is 3. The van der Waals surface area contributed by atoms with Gasteiger partial charge in [-0.3, -0.25) is 4.79 Å². The van der Waals surface area contributed by atoms with Crippen molar-refractivity contribution in [3.05, 3.63) is 71.6 Å². The van der Waals surface area contributed by atoms with Crippen LogP contribution in [0.4, 0.5) is 13.2 Å². The van der Waals surface area contributed by atoms with E-state index in [4.69, 9.17) is 0 Å². The number of carbonyl (C=O) groups excluding carboxylic acids is 1. The molecular formula is C21H17F3N4OS. The molecule has 9 heteroatoms. The third-order valence-corrected chi connectivity index (χ3v) is 5.88. The van der Waals surface area contributed by atoms with E-state index in [-0.39, 0.29) is 39.6 Å². The van der Waals surface area contributed by atoms with E-state index in [0.717, 1.165) is 29.5 Å². The number of hydrogen-bond acceptors (Lipinski definition) is 5. The van der Waals surface area contributed by atoms with Gasteiger partial charge in [-0.1, -0.05) is 48.2 Å². The van der Waals surface area contributed by atoms with Crippen molar-refractivity contribution in [2.24, 2.45) is 4.99 Å². The fourth-order valence-electron chi connectivity index (χ4n) is 3.37. The molecule has 0 spiro atoms. The van der Waals surface area contributed by atoms with Gasteiger partial charge in [0.25, 0.3) is 5.66 Å². The predicted molar refractivity (Wildman–Crippen MR) is 108 cm³/mol. The van der Waals surface area contributed by atoms with Crippen LogP contribution < -0.4 is 5.32 Å². The molecule has 4 rings (SSSR count). The molecule has 2 heterocycles. The summed E-state index contributed by atoms with van der Waals surface area (Å²) in [5, 5.41) is 12.4. The van der Waals surface area contributed by atoms with Crippen molar-refractivity contribution in [1.82, 2.24) is 10.2 Å². The van der Waals surface area contributed by atoms with Crippen LogP contribution in [0.1, 0.15) is 18.4 Å². The summed E-state index contributed by atoms with van der Waals surface area (Å²) in [6, 6.07) is 9.49. The van der Waals surface area contributed by atoms with Crippen molar-refractivity contribution < 1.29 is 18.0 Å². The highest BCUT2D eigenvalue weighted by Crippen LogP contribution is 2.51. The third-order valence-electron chi connectivity index (χ3n) is 4.91. The molecule has 0 unspecified atom stereocenters. The molecule has 5 nitrogen and oxygen atoms in total. The first-order valence-electron chi connectivity index (χ1n) is 9.30. The SMILES string of the molecule is N#CC1=C2C=CC=CN2[C@](c2ccccc2)(C(F)(F)F)N=C1SCC(=O)NC1CC1. The van der Waals surface area contributed by atoms with Crippen LogP contribution >= 0.6 is 11.8 Å². The first-order chi connectivity index (χ1) is 14.4. The maximum Gasteiger partial charge on any atom is 0.437 e. The number of benzene rings is 1. The summed E-state index contributed by atoms with van der Waals surface area (Å²) >= 11 is 0.850. The summed E-state index contributed by atoms with van der Waals surface area (Å²) in [5.74, 6) is -0.401. The highest BCUT2D eigenvalue weighted by molar-refractivity contribution is 8.15. The molecule has 1 saturated carbocycles. The average Bonchev–Trinajstić information content (AvgIpc) is 3.55. The molecule has 2 aliphatic heterocycles. The predicted octanol–water partition coefficient (Wildman–Crippen LogP) is 3.99. The van der Waals surface area contributed by atoms with Gasteiger partial charge >= 0.3 is 6.18 Å². The molecule has 0 saturated heterocycles. The Bertz CT molecular complexity index is 1020. The van der Waals surface area contributed by atoms with Gasteiger partial charge in [0.2, 0.25) is 5.91 Å². The molecule has 0 bridgehead atoms. The van der Waals surface area contributed by atoms with Crippen molar-refractivity contribution in [3.63, 3.8) is 0 Å². The molecule has 0 radical (unpaired) electrons. The van der Waals surface area contributed by atoms with E-state index in [1.54, 1.807) is 12.1 Å². The molecule has 0 aromatic heterocycles. The maximum absolute atomic E-state index is 14.6. The van der Waals surface area contributed by atoms with Crippen molar-refractivity contribution in [2.45, 2.75) is 30.7 Å². The molecular weight excluding hydrogens is 413 g/mol. The molecule has 30 heavy (non-hydrogen) atoms. The lowest BCUT2D eigenvalue weighted by atomic mass is 9.93. The Balaban J connectivity index is 1.82. The number of nitrogens with one attached hydrogen (secondary N) is 1. The Morgan fingerprint density at radius 2 is 2.03 bits per heavy atom. The third kappa shape index (κ3) is 3.52. The number of thioether (sulfide) groups is 1. The summed E-state index contributed by atoms with van der Waals surface area (Å²) in [4.78, 5) is 17.2. The zero-order valence-electron chi connectivity index (χ0n) is 15.7. The van der Waals surface area contributed by atoms with Crippen LogP contribution in [-0.2, 0) is 10.5 Å². The van der Waals surface area contributed by atoms with E-state index in [0.29, 0.717) is 0 Å². The second-order valence-electron chi connectivity index (χ2n) is 7.03. The minimum absolute atomic E-state index is 0.00984. The standard InChI is InChI=1S/C21H17F3N4OS/c22-21(23,24)20(14-6-2-1-3-7-14)27-19(30-13-18(29)26-15-9-10-15)16(12-25)17-8-4-5-11-28(17)20/h1-8,11,15H,9-10,13H2,(H,26,29)/t20-/m1/s1. The Morgan fingerprint density at radius 3 is 2.67 bits per heavy atom. The summed E-state index contributed by atoms with van der Waals surface area (Å²) < 4.78 is 43.9. The molecule has 1 amide bonds. The highest BCUT2D eigenvalue weighted by atomic mass is 32.2. The molecule has 1 fully saturated rings. The lowest BCUT2D eigenvalue weighted by Crippen LogP contribution is -2.55. The van der Waals surface area contributed by atoms with Crippen LogP contribution in [0.2, 0.25) is 0 Å². The van der Waals surface area contributed by atoms with Gasteiger partial charge in [0.1, 0.15) is 16.7 Å². The van der Waals surface area contributed by atoms with E-state index in [1.165, 1.54) is 42.6 Å². The molecule has 1 N–H and O–H groups in total. The Morgan fingerprint density at radius 1 is 1.30 bits per heavy atom. The molecule has 1 atom stereocenters. The van der Waals surface area contributed by atoms with Crippen molar-refractivity contribution in [3.8, 4) is 6.07 Å². The number of rotatable bonds is 4. The summed E-state index contributed by atoms with van der Waals surface area (Å²) in [6.07, 6.45) is 2.79. The van der Waals surface area contributed by atoms with Crippen molar-refractivity contribution in [2.75, 3.05) is 5.75 Å². The average molecular weight is 430 g/mol. The number of nitriles is 1. The molecule has 3 aliphatic rings. The fraction of sp³-hybridized carbons (Fsp3) is 0.286. The Kier molecular flexibility index (Phi) is 5.20. The molecule has 154 valence electrons. The van der Waals surface area contributed by atoms with E-state index < -0.39 is 11.8 Å². The molecule has 1 aromatic rings. The number of fused-ring (bicyclic) bond motifs is 1. The number of allylic oxidation sites excluding steroid dienone is 3. The van der Waals surface area contributed by atoms with Crippen molar-refractivity contribution >= 4 is 22.7 Å². The molecule has 1 aliphatic carbocycles. The number of nitrogens with zero attached hydrogens (tertiary/aromatic N) is 3. The number of carbonyl (C=O) groups is 1. The van der Waals surface area contributed by atoms with Gasteiger partial charge in [-0.15, -0.1) is 0 Å². The van der Waals surface area contributed by atoms with E-state index >= 15 is 0 Å². The van der Waals surface area contributed by atoms with E-state index in [2.05, 4.69) is 10.3 Å². The Labute approximate surface area is 175 Å². The number of alkyl halides is 3. The number of hydrogen-bond donors (Lipinski definition) is 1. The largest absolute Gasteiger partial charge is 0.437 e. The highest BCUT2D eigenvalue weighted by Gasteiger charge is 2.62. The lowest BCUT2D eigenvalue weighted by Gasteiger charge is -2.45. The van der Waals surface area contributed by atoms with Gasteiger partial charge in [0, 0.05) is 17.8 Å². The van der Waals surface area contributed by atoms with Gasteiger partial charge in [0.15, 0.2) is 0 Å². The minimum Gasteiger partial charge on any atom is -0.353 e. The number of amides is 1. The molecule has 1 aromatic carbocycles. The topological polar surface area (TPSA) is 68.5 Å². The monoisotopic (exact) mass is 430 g/mol. The second-order valence-corrected chi connectivity index (χ2v) is 7.99. The second kappa shape index (κ2) is 7.69. The van der Waals surface area contributed by atoms with Gasteiger partial charge in [-0.2, -0.15) is 18.4 Å². The van der Waals surface area contributed by atoms with Gasteiger partial charge in [-0.05, 0) is 25.0 Å². The Hall–Kier alpha value is -2.99. The normalized spacial score (nSPS) is 23.0. The fourth-order valence-corrected chi connectivity index (χ4v) is 4.22. The van der Waals surface area contributed by atoms with Gasteiger partial charge in [0.05, 0.1) is 11.4 Å². The first-order valence-corrected chi connectivity index (χ1v) is 10.3.